The minimum atomic E-state index is -0.595. The maximum atomic E-state index is 12.3. The second-order valence-corrected chi connectivity index (χ2v) is 7.01. The first-order chi connectivity index (χ1) is 13.0. The lowest BCUT2D eigenvalue weighted by molar-refractivity contribution is -0.384. The predicted octanol–water partition coefficient (Wildman–Crippen LogP) is 4.59. The van der Waals surface area contributed by atoms with Crippen molar-refractivity contribution in [1.29, 1.82) is 0 Å². The van der Waals surface area contributed by atoms with E-state index in [0.717, 1.165) is 36.8 Å². The number of nitro groups is 1. The van der Waals surface area contributed by atoms with E-state index >= 15 is 0 Å². The third-order valence-electron chi connectivity index (χ3n) is 4.70. The zero-order chi connectivity index (χ0) is 19.2. The SMILES string of the molecule is O=C(OCc1ccccc1CN1CCCCC1)c1ccc([N+](=O)[O-])cc1Cl. The van der Waals surface area contributed by atoms with Crippen LogP contribution in [0.4, 0.5) is 5.69 Å². The van der Waals surface area contributed by atoms with E-state index in [1.165, 1.54) is 31.4 Å². The fourth-order valence-electron chi connectivity index (χ4n) is 3.22. The number of carbonyl (C=O) groups excluding carboxylic acids is 1. The molecule has 6 nitrogen and oxygen atoms in total. The third kappa shape index (κ3) is 5.05. The monoisotopic (exact) mass is 388 g/mol. The molecule has 0 saturated carbocycles. The highest BCUT2D eigenvalue weighted by Gasteiger charge is 2.17. The van der Waals surface area contributed by atoms with Gasteiger partial charge in [0.2, 0.25) is 0 Å². The number of rotatable bonds is 6. The number of benzene rings is 2. The topological polar surface area (TPSA) is 72.7 Å². The Hall–Kier alpha value is -2.44. The van der Waals surface area contributed by atoms with Gasteiger partial charge < -0.3 is 4.74 Å². The molecule has 0 unspecified atom stereocenters. The summed E-state index contributed by atoms with van der Waals surface area (Å²) in [5.74, 6) is -0.595. The van der Waals surface area contributed by atoms with Crippen molar-refractivity contribution in [2.24, 2.45) is 0 Å². The first kappa shape index (κ1) is 19.3. The number of piperidine rings is 1. The van der Waals surface area contributed by atoms with Gasteiger partial charge in [0.1, 0.15) is 6.61 Å². The Morgan fingerprint density at radius 3 is 2.48 bits per heavy atom. The average Bonchev–Trinajstić information content (AvgIpc) is 2.67. The number of nitrogens with zero attached hydrogens (tertiary/aromatic N) is 2. The number of halogens is 1. The Kier molecular flexibility index (Phi) is 6.42. The van der Waals surface area contributed by atoms with Crippen molar-refractivity contribution >= 4 is 23.3 Å². The van der Waals surface area contributed by atoms with Gasteiger partial charge >= 0.3 is 5.97 Å². The van der Waals surface area contributed by atoms with Gasteiger partial charge in [0.15, 0.2) is 0 Å². The number of nitro benzene ring substituents is 1. The third-order valence-corrected chi connectivity index (χ3v) is 5.02. The molecular formula is C20H21ClN2O4. The fraction of sp³-hybridized carbons (Fsp3) is 0.350. The van der Waals surface area contributed by atoms with Crippen molar-refractivity contribution < 1.29 is 14.5 Å². The van der Waals surface area contributed by atoms with E-state index in [9.17, 15) is 14.9 Å². The van der Waals surface area contributed by atoms with E-state index in [0.29, 0.717) is 0 Å². The highest BCUT2D eigenvalue weighted by molar-refractivity contribution is 6.33. The molecule has 0 spiro atoms. The van der Waals surface area contributed by atoms with Crippen molar-refractivity contribution in [1.82, 2.24) is 4.90 Å². The molecule has 142 valence electrons. The lowest BCUT2D eigenvalue weighted by Gasteiger charge is -2.27. The van der Waals surface area contributed by atoms with Gasteiger partial charge in [-0.15, -0.1) is 0 Å². The van der Waals surface area contributed by atoms with Crippen molar-refractivity contribution in [3.05, 3.63) is 74.3 Å². The molecule has 0 aromatic heterocycles. The van der Waals surface area contributed by atoms with Crippen LogP contribution in [-0.2, 0) is 17.9 Å². The molecule has 1 heterocycles. The van der Waals surface area contributed by atoms with E-state index in [1.807, 2.05) is 18.2 Å². The molecule has 3 rings (SSSR count). The normalized spacial score (nSPS) is 14.7. The van der Waals surface area contributed by atoms with Gasteiger partial charge in [-0.25, -0.2) is 4.79 Å². The summed E-state index contributed by atoms with van der Waals surface area (Å²) >= 11 is 6.00. The second kappa shape index (κ2) is 8.97. The van der Waals surface area contributed by atoms with Crippen molar-refractivity contribution in [3.63, 3.8) is 0 Å². The summed E-state index contributed by atoms with van der Waals surface area (Å²) in [5.41, 5.74) is 2.05. The summed E-state index contributed by atoms with van der Waals surface area (Å²) in [4.78, 5) is 25.0. The fourth-order valence-corrected chi connectivity index (χ4v) is 3.47. The van der Waals surface area contributed by atoms with Gasteiger partial charge in [-0.3, -0.25) is 15.0 Å². The number of ether oxygens (including phenoxy) is 1. The standard InChI is InChI=1S/C20H21ClN2O4/c21-19-12-17(23(25)26)8-9-18(19)20(24)27-14-16-7-3-2-6-15(16)13-22-10-4-1-5-11-22/h2-3,6-9,12H,1,4-5,10-11,13-14H2. The van der Waals surface area contributed by atoms with E-state index in [-0.39, 0.29) is 22.9 Å². The van der Waals surface area contributed by atoms with Gasteiger partial charge in [-0.1, -0.05) is 42.3 Å². The van der Waals surface area contributed by atoms with Gasteiger partial charge in [-0.2, -0.15) is 0 Å². The molecule has 1 aliphatic rings. The number of hydrogen-bond acceptors (Lipinski definition) is 5. The molecule has 0 N–H and O–H groups in total. The van der Waals surface area contributed by atoms with Crippen LogP contribution in [0.1, 0.15) is 40.7 Å². The molecule has 1 saturated heterocycles. The molecular weight excluding hydrogens is 368 g/mol. The quantitative estimate of drug-likeness (QED) is 0.411. The molecule has 0 aliphatic carbocycles. The highest BCUT2D eigenvalue weighted by Crippen LogP contribution is 2.24. The number of carbonyl (C=O) groups is 1. The van der Waals surface area contributed by atoms with Crippen LogP contribution in [0.5, 0.6) is 0 Å². The van der Waals surface area contributed by atoms with Crippen LogP contribution in [0, 0.1) is 10.1 Å². The summed E-state index contributed by atoms with van der Waals surface area (Å²) in [6.07, 6.45) is 3.72. The Bertz CT molecular complexity index is 834. The Balaban J connectivity index is 1.66. The van der Waals surface area contributed by atoms with Crippen molar-refractivity contribution in [2.45, 2.75) is 32.4 Å². The summed E-state index contributed by atoms with van der Waals surface area (Å²) in [6, 6.07) is 11.6. The molecule has 0 radical (unpaired) electrons. The van der Waals surface area contributed by atoms with Crippen LogP contribution in [0.25, 0.3) is 0 Å². The number of non-ortho nitro benzene ring substituents is 1. The summed E-state index contributed by atoms with van der Waals surface area (Å²) in [5, 5.41) is 10.8. The maximum absolute atomic E-state index is 12.3. The number of esters is 1. The molecule has 7 heteroatoms. The number of hydrogen-bond donors (Lipinski definition) is 0. The zero-order valence-electron chi connectivity index (χ0n) is 14.9. The van der Waals surface area contributed by atoms with Crippen molar-refractivity contribution in [2.75, 3.05) is 13.1 Å². The van der Waals surface area contributed by atoms with Gasteiger partial charge in [0, 0.05) is 18.7 Å². The van der Waals surface area contributed by atoms with Crippen LogP contribution in [-0.4, -0.2) is 28.9 Å². The molecule has 0 amide bonds. The molecule has 2 aromatic rings. The van der Waals surface area contributed by atoms with Crippen LogP contribution >= 0.6 is 11.6 Å². The average molecular weight is 389 g/mol. The summed E-state index contributed by atoms with van der Waals surface area (Å²) < 4.78 is 5.41. The minimum absolute atomic E-state index is 0.0100. The predicted molar refractivity (Wildman–Crippen MR) is 103 cm³/mol. The minimum Gasteiger partial charge on any atom is -0.457 e. The van der Waals surface area contributed by atoms with Gasteiger partial charge in [-0.05, 0) is 43.1 Å². The molecule has 1 fully saturated rings. The van der Waals surface area contributed by atoms with Gasteiger partial charge in [0.25, 0.3) is 5.69 Å². The molecule has 1 aliphatic heterocycles. The molecule has 0 atom stereocenters. The maximum Gasteiger partial charge on any atom is 0.339 e. The lowest BCUT2D eigenvalue weighted by Crippen LogP contribution is -2.29. The Labute approximate surface area is 162 Å². The second-order valence-electron chi connectivity index (χ2n) is 6.60. The first-order valence-electron chi connectivity index (χ1n) is 8.95. The van der Waals surface area contributed by atoms with Gasteiger partial charge in [0.05, 0.1) is 15.5 Å². The lowest BCUT2D eigenvalue weighted by atomic mass is 10.1. The number of likely N-dealkylation sites (tertiary alicyclic amines) is 1. The largest absolute Gasteiger partial charge is 0.457 e. The van der Waals surface area contributed by atoms with E-state index < -0.39 is 10.9 Å². The van der Waals surface area contributed by atoms with Crippen LogP contribution in [0.3, 0.4) is 0 Å². The Morgan fingerprint density at radius 2 is 1.81 bits per heavy atom. The van der Waals surface area contributed by atoms with E-state index in [1.54, 1.807) is 0 Å². The molecule has 0 bridgehead atoms. The highest BCUT2D eigenvalue weighted by atomic mass is 35.5. The van der Waals surface area contributed by atoms with E-state index in [2.05, 4.69) is 11.0 Å². The summed E-state index contributed by atoms with van der Waals surface area (Å²) in [7, 11) is 0. The Morgan fingerprint density at radius 1 is 1.11 bits per heavy atom. The summed E-state index contributed by atoms with van der Waals surface area (Å²) in [6.45, 7) is 3.15. The van der Waals surface area contributed by atoms with Crippen molar-refractivity contribution in [3.8, 4) is 0 Å². The zero-order valence-corrected chi connectivity index (χ0v) is 15.7. The molecule has 2 aromatic carbocycles. The van der Waals surface area contributed by atoms with E-state index in [4.69, 9.17) is 16.3 Å². The molecule has 27 heavy (non-hydrogen) atoms. The van der Waals surface area contributed by atoms with Crippen LogP contribution in [0.15, 0.2) is 42.5 Å². The van der Waals surface area contributed by atoms with Crippen LogP contribution < -0.4 is 0 Å². The smallest absolute Gasteiger partial charge is 0.339 e. The van der Waals surface area contributed by atoms with Crippen LogP contribution in [0.2, 0.25) is 5.02 Å². The first-order valence-corrected chi connectivity index (χ1v) is 9.32.